The zero-order valence-electron chi connectivity index (χ0n) is 17.1. The number of nitrogens with one attached hydrogen (secondary N) is 2. The lowest BCUT2D eigenvalue weighted by Gasteiger charge is -2.22. The largest absolute Gasteiger partial charge is 0.494 e. The van der Waals surface area contributed by atoms with Gasteiger partial charge in [-0.1, -0.05) is 25.2 Å². The highest BCUT2D eigenvalue weighted by Crippen LogP contribution is 2.29. The summed E-state index contributed by atoms with van der Waals surface area (Å²) in [7, 11) is 0. The first kappa shape index (κ1) is 21.0. The second kappa shape index (κ2) is 8.36. The fourth-order valence-corrected chi connectivity index (χ4v) is 4.07. The van der Waals surface area contributed by atoms with Crippen LogP contribution in [0.15, 0.2) is 18.2 Å². The molecule has 156 valence electrons. The Balaban J connectivity index is 1.65. The van der Waals surface area contributed by atoms with E-state index in [4.69, 9.17) is 4.74 Å². The summed E-state index contributed by atoms with van der Waals surface area (Å²) in [6, 6.07) is 4.97. The monoisotopic (exact) mass is 418 g/mol. The number of urea groups is 1. The molecule has 2 aromatic rings. The van der Waals surface area contributed by atoms with Crippen LogP contribution in [-0.4, -0.2) is 46.4 Å². The first-order valence-electron chi connectivity index (χ1n) is 9.69. The summed E-state index contributed by atoms with van der Waals surface area (Å²) < 4.78 is 6.35. The number of carbonyl (C=O) groups is 3. The van der Waals surface area contributed by atoms with Crippen molar-refractivity contribution in [1.82, 2.24) is 15.2 Å². The molecule has 1 aromatic carbocycles. The van der Waals surface area contributed by atoms with Crippen LogP contribution in [0.2, 0.25) is 0 Å². The maximum atomic E-state index is 12.7. The number of anilines is 1. The summed E-state index contributed by atoms with van der Waals surface area (Å²) in [6.45, 7) is 7.96. The maximum Gasteiger partial charge on any atom is 0.325 e. The Morgan fingerprint density at radius 1 is 1.38 bits per heavy atom. The highest BCUT2D eigenvalue weighted by molar-refractivity contribution is 7.22. The molecular formula is C20H26N4O4S. The van der Waals surface area contributed by atoms with Gasteiger partial charge in [-0.25, -0.2) is 9.78 Å². The predicted octanol–water partition coefficient (Wildman–Crippen LogP) is 3.38. The molecule has 29 heavy (non-hydrogen) atoms. The van der Waals surface area contributed by atoms with Crippen LogP contribution in [-0.2, 0) is 9.59 Å². The van der Waals surface area contributed by atoms with E-state index in [9.17, 15) is 14.4 Å². The molecule has 8 nitrogen and oxygen atoms in total. The van der Waals surface area contributed by atoms with Crippen molar-refractivity contribution in [2.24, 2.45) is 5.92 Å². The van der Waals surface area contributed by atoms with Crippen molar-refractivity contribution in [3.8, 4) is 5.75 Å². The van der Waals surface area contributed by atoms with E-state index in [1.165, 1.54) is 11.3 Å². The second-order valence-electron chi connectivity index (χ2n) is 7.72. The lowest BCUT2D eigenvalue weighted by molar-refractivity contribution is -0.133. The van der Waals surface area contributed by atoms with E-state index in [2.05, 4.69) is 29.5 Å². The lowest BCUT2D eigenvalue weighted by Crippen LogP contribution is -2.44. The zero-order chi connectivity index (χ0) is 21.2. The van der Waals surface area contributed by atoms with Gasteiger partial charge in [0, 0.05) is 0 Å². The third-order valence-corrected chi connectivity index (χ3v) is 5.72. The molecule has 1 aliphatic rings. The van der Waals surface area contributed by atoms with Crippen LogP contribution in [0.3, 0.4) is 0 Å². The van der Waals surface area contributed by atoms with E-state index in [1.807, 2.05) is 25.1 Å². The molecule has 4 amide bonds. The quantitative estimate of drug-likeness (QED) is 0.640. The van der Waals surface area contributed by atoms with E-state index in [-0.39, 0.29) is 12.5 Å². The third-order valence-electron chi connectivity index (χ3n) is 4.79. The lowest BCUT2D eigenvalue weighted by atomic mass is 9.92. The number of hydrogen-bond acceptors (Lipinski definition) is 6. The molecule has 0 bridgehead atoms. The first-order chi connectivity index (χ1) is 13.7. The van der Waals surface area contributed by atoms with Crippen molar-refractivity contribution in [1.29, 1.82) is 0 Å². The number of thiazole rings is 1. The number of aromatic nitrogens is 1. The number of imide groups is 1. The van der Waals surface area contributed by atoms with Crippen molar-refractivity contribution in [2.45, 2.75) is 46.1 Å². The van der Waals surface area contributed by atoms with Gasteiger partial charge in [0.1, 0.15) is 17.8 Å². The average Bonchev–Trinajstić information content (AvgIpc) is 3.13. The Labute approximate surface area is 173 Å². The Bertz CT molecular complexity index is 942. The molecule has 3 rings (SSSR count). The Morgan fingerprint density at radius 3 is 2.83 bits per heavy atom. The Morgan fingerprint density at radius 2 is 2.14 bits per heavy atom. The molecule has 0 radical (unpaired) electrons. The fraction of sp³-hybridized carbons (Fsp3) is 0.500. The smallest absolute Gasteiger partial charge is 0.325 e. The minimum atomic E-state index is -0.965. The molecule has 0 saturated carbocycles. The average molecular weight is 419 g/mol. The van der Waals surface area contributed by atoms with Gasteiger partial charge in [0.25, 0.3) is 5.91 Å². The number of nitrogens with zero attached hydrogens (tertiary/aromatic N) is 2. The van der Waals surface area contributed by atoms with Crippen molar-refractivity contribution in [3.63, 3.8) is 0 Å². The van der Waals surface area contributed by atoms with Crippen molar-refractivity contribution in [3.05, 3.63) is 18.2 Å². The molecule has 2 heterocycles. The van der Waals surface area contributed by atoms with Crippen molar-refractivity contribution in [2.75, 3.05) is 18.5 Å². The molecule has 1 aromatic heterocycles. The number of amides is 4. The third kappa shape index (κ3) is 4.67. The van der Waals surface area contributed by atoms with Crippen LogP contribution >= 0.6 is 11.3 Å². The van der Waals surface area contributed by atoms with Crippen LogP contribution in [0.1, 0.15) is 40.5 Å². The topological polar surface area (TPSA) is 101 Å². The molecular weight excluding hydrogens is 392 g/mol. The molecule has 1 aliphatic heterocycles. The molecule has 1 atom stereocenters. The van der Waals surface area contributed by atoms with Gasteiger partial charge < -0.3 is 15.4 Å². The van der Waals surface area contributed by atoms with Crippen LogP contribution < -0.4 is 15.4 Å². The summed E-state index contributed by atoms with van der Waals surface area (Å²) in [4.78, 5) is 42.8. The van der Waals surface area contributed by atoms with E-state index < -0.39 is 17.5 Å². The van der Waals surface area contributed by atoms with Gasteiger partial charge in [-0.05, 0) is 50.8 Å². The minimum Gasteiger partial charge on any atom is -0.494 e. The predicted molar refractivity (Wildman–Crippen MR) is 112 cm³/mol. The number of ether oxygens (including phenoxy) is 1. The minimum absolute atomic E-state index is 0.345. The normalized spacial score (nSPS) is 19.1. The number of carbonyl (C=O) groups excluding carboxylic acids is 3. The van der Waals surface area contributed by atoms with Crippen LogP contribution in [0.5, 0.6) is 5.75 Å². The van der Waals surface area contributed by atoms with Gasteiger partial charge in [0.15, 0.2) is 5.13 Å². The van der Waals surface area contributed by atoms with E-state index in [0.29, 0.717) is 24.1 Å². The SMILES string of the molecule is CCOc1ccc2nc(NC(=O)CN3C(=O)N[C@@](C)(CCC(C)C)C3=O)sc2c1. The summed E-state index contributed by atoms with van der Waals surface area (Å²) in [5, 5.41) is 5.82. The molecule has 0 spiro atoms. The van der Waals surface area contributed by atoms with Gasteiger partial charge >= 0.3 is 6.03 Å². The molecule has 0 unspecified atom stereocenters. The standard InChI is InChI=1S/C20H26N4O4S/c1-5-28-13-6-7-14-15(10-13)29-18(21-14)22-16(25)11-24-17(26)20(4,23-19(24)27)9-8-12(2)3/h6-7,10,12H,5,8-9,11H2,1-4H3,(H,23,27)(H,21,22,25)/t20-/m0/s1. The molecule has 2 N–H and O–H groups in total. The van der Waals surface area contributed by atoms with Gasteiger partial charge in [-0.3, -0.25) is 14.5 Å². The van der Waals surface area contributed by atoms with Gasteiger partial charge in [-0.2, -0.15) is 0 Å². The van der Waals surface area contributed by atoms with E-state index in [1.54, 1.807) is 6.92 Å². The van der Waals surface area contributed by atoms with E-state index >= 15 is 0 Å². The maximum absolute atomic E-state index is 12.7. The molecule has 0 aliphatic carbocycles. The number of fused-ring (bicyclic) bond motifs is 1. The van der Waals surface area contributed by atoms with Crippen LogP contribution in [0, 0.1) is 5.92 Å². The Hall–Kier alpha value is -2.68. The summed E-state index contributed by atoms with van der Waals surface area (Å²) >= 11 is 1.31. The van der Waals surface area contributed by atoms with Gasteiger partial charge in [-0.15, -0.1) is 0 Å². The first-order valence-corrected chi connectivity index (χ1v) is 10.5. The number of hydrogen-bond donors (Lipinski definition) is 2. The zero-order valence-corrected chi connectivity index (χ0v) is 17.9. The highest BCUT2D eigenvalue weighted by Gasteiger charge is 2.47. The summed E-state index contributed by atoms with van der Waals surface area (Å²) in [5.74, 6) is 0.312. The Kier molecular flexibility index (Phi) is 6.07. The molecule has 9 heteroatoms. The number of benzene rings is 1. The van der Waals surface area contributed by atoms with Gasteiger partial charge in [0.2, 0.25) is 5.91 Å². The van der Waals surface area contributed by atoms with Crippen molar-refractivity contribution >= 4 is 44.5 Å². The van der Waals surface area contributed by atoms with Crippen LogP contribution in [0.4, 0.5) is 9.93 Å². The second-order valence-corrected chi connectivity index (χ2v) is 8.75. The van der Waals surface area contributed by atoms with E-state index in [0.717, 1.165) is 27.3 Å². The fourth-order valence-electron chi connectivity index (χ4n) is 3.15. The number of rotatable bonds is 8. The van der Waals surface area contributed by atoms with Gasteiger partial charge in [0.05, 0.1) is 16.8 Å². The molecule has 1 fully saturated rings. The van der Waals surface area contributed by atoms with Crippen molar-refractivity contribution < 1.29 is 19.1 Å². The van der Waals surface area contributed by atoms with Crippen LogP contribution in [0.25, 0.3) is 10.2 Å². The molecule has 1 saturated heterocycles. The summed E-state index contributed by atoms with van der Waals surface area (Å²) in [6.07, 6.45) is 1.34. The highest BCUT2D eigenvalue weighted by atomic mass is 32.1. The summed E-state index contributed by atoms with van der Waals surface area (Å²) in [5.41, 5.74) is -0.224.